The molecule has 0 saturated carbocycles. The molecule has 2 N–H and O–H groups in total. The largest absolute Gasteiger partial charge is 0.324 e. The van der Waals surface area contributed by atoms with Gasteiger partial charge in [0.1, 0.15) is 0 Å². The third-order valence-corrected chi connectivity index (χ3v) is 4.54. The van der Waals surface area contributed by atoms with Crippen LogP contribution in [-0.2, 0) is 0 Å². The Labute approximate surface area is 163 Å². The fraction of sp³-hybridized carbons (Fsp3) is 0. The number of hydrazone groups is 1. The van der Waals surface area contributed by atoms with Crippen molar-refractivity contribution in [3.8, 4) is 0 Å². The van der Waals surface area contributed by atoms with E-state index in [1.807, 2.05) is 6.07 Å². The van der Waals surface area contributed by atoms with Crippen LogP contribution < -0.4 is 10.7 Å². The summed E-state index contributed by atoms with van der Waals surface area (Å²) in [6, 6.07) is 18.1. The van der Waals surface area contributed by atoms with Gasteiger partial charge in [-0.05, 0) is 36.4 Å². The zero-order chi connectivity index (χ0) is 19.9. The summed E-state index contributed by atoms with van der Waals surface area (Å²) in [5.41, 5.74) is 3.64. The fourth-order valence-electron chi connectivity index (χ4n) is 2.26. The highest BCUT2D eigenvalue weighted by molar-refractivity contribution is 7.16. The normalized spacial score (nSPS) is 10.6. The molecule has 3 aromatic rings. The molecule has 0 unspecified atom stereocenters. The van der Waals surface area contributed by atoms with Gasteiger partial charge >= 0.3 is 5.00 Å². The quantitative estimate of drug-likeness (QED) is 0.377. The molecule has 0 spiro atoms. The molecule has 2 aromatic carbocycles. The lowest BCUT2D eigenvalue weighted by Gasteiger charge is -2.07. The first-order valence-corrected chi connectivity index (χ1v) is 8.88. The molecular formula is C19H14N4O4S. The lowest BCUT2D eigenvalue weighted by molar-refractivity contribution is -0.380. The van der Waals surface area contributed by atoms with Crippen LogP contribution in [0.15, 0.2) is 71.8 Å². The number of nitrogens with zero attached hydrogens (tertiary/aromatic N) is 2. The predicted octanol–water partition coefficient (Wildman–Crippen LogP) is 3.67. The number of amides is 2. The first-order valence-electron chi connectivity index (χ1n) is 8.07. The maximum Gasteiger partial charge on any atom is 0.324 e. The number of carbonyl (C=O) groups is 2. The van der Waals surface area contributed by atoms with E-state index in [9.17, 15) is 19.7 Å². The molecule has 8 nitrogen and oxygen atoms in total. The SMILES string of the molecule is O=C(N/N=C/c1ccc([N+](=O)[O-])s1)c1cccc(NC(=O)c2ccccc2)c1. The molecule has 0 aliphatic rings. The van der Waals surface area contributed by atoms with E-state index in [1.54, 1.807) is 42.5 Å². The van der Waals surface area contributed by atoms with Crippen molar-refractivity contribution >= 4 is 40.1 Å². The van der Waals surface area contributed by atoms with Gasteiger partial charge in [0, 0.05) is 22.9 Å². The van der Waals surface area contributed by atoms with Crippen molar-refractivity contribution in [3.63, 3.8) is 0 Å². The number of nitrogens with one attached hydrogen (secondary N) is 2. The van der Waals surface area contributed by atoms with Crippen molar-refractivity contribution in [1.82, 2.24) is 5.43 Å². The average Bonchev–Trinajstić information content (AvgIpc) is 3.18. The minimum absolute atomic E-state index is 0.00497. The van der Waals surface area contributed by atoms with E-state index < -0.39 is 10.8 Å². The highest BCUT2D eigenvalue weighted by Gasteiger charge is 2.10. The molecule has 1 heterocycles. The first-order chi connectivity index (χ1) is 13.5. The maximum atomic E-state index is 12.2. The molecule has 140 valence electrons. The number of thiophene rings is 1. The van der Waals surface area contributed by atoms with Crippen molar-refractivity contribution in [2.75, 3.05) is 5.32 Å². The van der Waals surface area contributed by atoms with Gasteiger partial charge in [0.05, 0.1) is 16.0 Å². The van der Waals surface area contributed by atoms with E-state index >= 15 is 0 Å². The Kier molecular flexibility index (Phi) is 5.87. The minimum Gasteiger partial charge on any atom is -0.322 e. The molecule has 0 aliphatic heterocycles. The first kappa shape index (κ1) is 18.9. The fourth-order valence-corrected chi connectivity index (χ4v) is 2.95. The van der Waals surface area contributed by atoms with Crippen LogP contribution in [-0.4, -0.2) is 23.0 Å². The Morgan fingerprint density at radius 3 is 2.43 bits per heavy atom. The molecule has 0 saturated heterocycles. The highest BCUT2D eigenvalue weighted by atomic mass is 32.1. The van der Waals surface area contributed by atoms with Gasteiger partial charge < -0.3 is 5.32 Å². The second-order valence-electron chi connectivity index (χ2n) is 5.53. The summed E-state index contributed by atoms with van der Waals surface area (Å²) in [4.78, 5) is 35.1. The summed E-state index contributed by atoms with van der Waals surface area (Å²) in [5, 5.41) is 17.2. The molecular weight excluding hydrogens is 380 g/mol. The van der Waals surface area contributed by atoms with Crippen molar-refractivity contribution in [2.24, 2.45) is 5.10 Å². The van der Waals surface area contributed by atoms with Crippen LogP contribution in [0.3, 0.4) is 0 Å². The maximum absolute atomic E-state index is 12.2. The van der Waals surface area contributed by atoms with E-state index in [0.717, 1.165) is 11.3 Å². The second kappa shape index (κ2) is 8.69. The molecule has 3 rings (SSSR count). The van der Waals surface area contributed by atoms with Crippen LogP contribution in [0.2, 0.25) is 0 Å². The van der Waals surface area contributed by atoms with Gasteiger partial charge in [-0.15, -0.1) is 0 Å². The lowest BCUT2D eigenvalue weighted by Crippen LogP contribution is -2.18. The molecule has 2 amide bonds. The Morgan fingerprint density at radius 2 is 1.71 bits per heavy atom. The zero-order valence-corrected chi connectivity index (χ0v) is 15.2. The van der Waals surface area contributed by atoms with E-state index in [-0.39, 0.29) is 10.9 Å². The highest BCUT2D eigenvalue weighted by Crippen LogP contribution is 2.22. The molecule has 0 radical (unpaired) electrons. The van der Waals surface area contributed by atoms with Gasteiger partial charge in [-0.25, -0.2) is 5.43 Å². The van der Waals surface area contributed by atoms with Crippen molar-refractivity contribution < 1.29 is 14.5 Å². The molecule has 0 fully saturated rings. The number of hydrogen-bond donors (Lipinski definition) is 2. The van der Waals surface area contributed by atoms with Crippen LogP contribution in [0.4, 0.5) is 10.7 Å². The molecule has 9 heteroatoms. The number of hydrogen-bond acceptors (Lipinski definition) is 6. The summed E-state index contributed by atoms with van der Waals surface area (Å²) < 4.78 is 0. The lowest BCUT2D eigenvalue weighted by atomic mass is 10.1. The number of rotatable bonds is 6. The number of anilines is 1. The van der Waals surface area contributed by atoms with Gasteiger partial charge in [0.2, 0.25) is 0 Å². The zero-order valence-electron chi connectivity index (χ0n) is 14.4. The number of nitro groups is 1. The van der Waals surface area contributed by atoms with Crippen molar-refractivity contribution in [3.05, 3.63) is 92.8 Å². The van der Waals surface area contributed by atoms with Crippen LogP contribution in [0.5, 0.6) is 0 Å². The molecule has 0 aliphatic carbocycles. The van der Waals surface area contributed by atoms with Gasteiger partial charge in [-0.2, -0.15) is 5.10 Å². The van der Waals surface area contributed by atoms with Gasteiger partial charge in [-0.1, -0.05) is 35.6 Å². The van der Waals surface area contributed by atoms with Crippen LogP contribution in [0.25, 0.3) is 0 Å². The third-order valence-electron chi connectivity index (χ3n) is 3.57. The van der Waals surface area contributed by atoms with E-state index in [1.165, 1.54) is 24.4 Å². The number of benzene rings is 2. The second-order valence-corrected chi connectivity index (χ2v) is 6.63. The van der Waals surface area contributed by atoms with Crippen LogP contribution in [0, 0.1) is 10.1 Å². The van der Waals surface area contributed by atoms with Crippen molar-refractivity contribution in [1.29, 1.82) is 0 Å². The molecule has 0 atom stereocenters. The summed E-state index contributed by atoms with van der Waals surface area (Å²) in [6.07, 6.45) is 1.33. The summed E-state index contributed by atoms with van der Waals surface area (Å²) in [6.45, 7) is 0. The van der Waals surface area contributed by atoms with Gasteiger partial charge in [0.15, 0.2) is 0 Å². The number of carbonyl (C=O) groups excluding carboxylic acids is 2. The van der Waals surface area contributed by atoms with E-state index in [2.05, 4.69) is 15.8 Å². The van der Waals surface area contributed by atoms with Gasteiger partial charge in [-0.3, -0.25) is 19.7 Å². The Morgan fingerprint density at radius 1 is 0.964 bits per heavy atom. The Balaban J connectivity index is 1.62. The molecule has 0 bridgehead atoms. The monoisotopic (exact) mass is 394 g/mol. The van der Waals surface area contributed by atoms with Crippen LogP contribution in [0.1, 0.15) is 25.6 Å². The summed E-state index contributed by atoms with van der Waals surface area (Å²) >= 11 is 0.948. The molecule has 1 aromatic heterocycles. The standard InChI is InChI=1S/C19H14N4O4S/c24-18(13-5-2-1-3-6-13)21-15-8-4-7-14(11-15)19(25)22-20-12-16-9-10-17(28-16)23(26)27/h1-12H,(H,21,24)(H,22,25)/b20-12+. The van der Waals surface area contributed by atoms with E-state index in [4.69, 9.17) is 0 Å². The topological polar surface area (TPSA) is 114 Å². The van der Waals surface area contributed by atoms with E-state index in [0.29, 0.717) is 21.7 Å². The van der Waals surface area contributed by atoms with Gasteiger partial charge in [0.25, 0.3) is 11.8 Å². The van der Waals surface area contributed by atoms with Crippen molar-refractivity contribution in [2.45, 2.75) is 0 Å². The van der Waals surface area contributed by atoms with Crippen LogP contribution >= 0.6 is 11.3 Å². The summed E-state index contributed by atoms with van der Waals surface area (Å²) in [7, 11) is 0. The summed E-state index contributed by atoms with van der Waals surface area (Å²) in [5.74, 6) is -0.756. The average molecular weight is 394 g/mol. The Bertz CT molecular complexity index is 1050. The Hall–Kier alpha value is -3.85. The smallest absolute Gasteiger partial charge is 0.322 e. The third kappa shape index (κ3) is 4.86. The molecule has 28 heavy (non-hydrogen) atoms. The predicted molar refractivity (Wildman–Crippen MR) is 107 cm³/mol. The minimum atomic E-state index is -0.490.